The van der Waals surface area contributed by atoms with Gasteiger partial charge in [0.25, 0.3) is 0 Å². The lowest BCUT2D eigenvalue weighted by atomic mass is 10.2. The summed E-state index contributed by atoms with van der Waals surface area (Å²) in [5.74, 6) is -1.04. The Morgan fingerprint density at radius 1 is 1.44 bits per heavy atom. The zero-order chi connectivity index (χ0) is 12.8. The van der Waals surface area contributed by atoms with E-state index in [1.165, 1.54) is 6.08 Å². The molecule has 16 heavy (non-hydrogen) atoms. The molecule has 0 aliphatic carbocycles. The Bertz CT molecular complexity index is 278. The van der Waals surface area contributed by atoms with E-state index in [1.54, 1.807) is 20.8 Å². The van der Waals surface area contributed by atoms with Crippen LogP contribution in [0.5, 0.6) is 0 Å². The maximum absolute atomic E-state index is 11.4. The molecular weight excluding hydrogens is 210 g/mol. The van der Waals surface area contributed by atoms with Gasteiger partial charge in [0.1, 0.15) is 5.60 Å². The summed E-state index contributed by atoms with van der Waals surface area (Å²) in [6, 6.07) is -0.328. The molecule has 1 amide bonds. The second-order valence-corrected chi connectivity index (χ2v) is 4.36. The van der Waals surface area contributed by atoms with Crippen LogP contribution in [0.25, 0.3) is 0 Å². The summed E-state index contributed by atoms with van der Waals surface area (Å²) >= 11 is 0. The Kier molecular flexibility index (Phi) is 5.56. The van der Waals surface area contributed by atoms with Crippen molar-refractivity contribution in [2.45, 2.75) is 45.8 Å². The highest BCUT2D eigenvalue weighted by molar-refractivity contribution is 5.80. The lowest BCUT2D eigenvalue weighted by Crippen LogP contribution is -2.38. The highest BCUT2D eigenvalue weighted by atomic mass is 16.6. The zero-order valence-electron chi connectivity index (χ0n) is 10.1. The molecule has 0 aromatic carbocycles. The third kappa shape index (κ3) is 7.84. The molecule has 0 unspecified atom stereocenters. The fraction of sp³-hybridized carbons (Fsp3) is 0.636. The van der Waals surface area contributed by atoms with Crippen LogP contribution in [0.3, 0.4) is 0 Å². The lowest BCUT2D eigenvalue weighted by Gasteiger charge is -2.21. The number of carbonyl (C=O) groups is 2. The fourth-order valence-corrected chi connectivity index (χ4v) is 0.944. The molecule has 1 atom stereocenters. The van der Waals surface area contributed by atoms with Crippen molar-refractivity contribution in [2.75, 3.05) is 0 Å². The van der Waals surface area contributed by atoms with Crippen LogP contribution in [0.4, 0.5) is 4.79 Å². The second-order valence-electron chi connectivity index (χ2n) is 4.36. The van der Waals surface area contributed by atoms with Gasteiger partial charge >= 0.3 is 12.1 Å². The molecule has 5 nitrogen and oxygen atoms in total. The van der Waals surface area contributed by atoms with Gasteiger partial charge in [-0.2, -0.15) is 0 Å². The van der Waals surface area contributed by atoms with Crippen LogP contribution in [-0.2, 0) is 9.53 Å². The van der Waals surface area contributed by atoms with Crippen molar-refractivity contribution in [3.05, 3.63) is 12.2 Å². The maximum Gasteiger partial charge on any atom is 0.408 e. The number of alkyl carbamates (subject to hydrolysis) is 1. The summed E-state index contributed by atoms with van der Waals surface area (Å²) in [6.45, 7) is 7.14. The predicted octanol–water partition coefficient (Wildman–Crippen LogP) is 1.93. The lowest BCUT2D eigenvalue weighted by molar-refractivity contribution is -0.131. The van der Waals surface area contributed by atoms with Gasteiger partial charge in [-0.1, -0.05) is 13.0 Å². The Morgan fingerprint density at radius 2 is 2.00 bits per heavy atom. The number of nitrogens with one attached hydrogen (secondary N) is 1. The van der Waals surface area contributed by atoms with E-state index in [-0.39, 0.29) is 6.04 Å². The van der Waals surface area contributed by atoms with Crippen LogP contribution in [0.2, 0.25) is 0 Å². The second kappa shape index (κ2) is 6.15. The number of amides is 1. The van der Waals surface area contributed by atoms with Crippen molar-refractivity contribution in [1.82, 2.24) is 5.32 Å². The van der Waals surface area contributed by atoms with Gasteiger partial charge in [0.05, 0.1) is 6.04 Å². The van der Waals surface area contributed by atoms with Crippen LogP contribution in [0, 0.1) is 0 Å². The van der Waals surface area contributed by atoms with E-state index in [0.717, 1.165) is 6.08 Å². The molecule has 0 aliphatic heterocycles. The normalized spacial score (nSPS) is 13.5. The molecule has 0 rings (SSSR count). The van der Waals surface area contributed by atoms with E-state index in [1.807, 2.05) is 6.92 Å². The predicted molar refractivity (Wildman–Crippen MR) is 60.2 cm³/mol. The molecule has 0 heterocycles. The van der Waals surface area contributed by atoms with Crippen LogP contribution < -0.4 is 5.32 Å². The summed E-state index contributed by atoms with van der Waals surface area (Å²) in [5.41, 5.74) is -0.557. The van der Waals surface area contributed by atoms with E-state index in [2.05, 4.69) is 5.32 Å². The van der Waals surface area contributed by atoms with E-state index >= 15 is 0 Å². The molecule has 0 aromatic heterocycles. The van der Waals surface area contributed by atoms with Crippen LogP contribution in [0.15, 0.2) is 12.2 Å². The molecule has 0 aromatic rings. The molecule has 0 saturated heterocycles. The molecule has 92 valence electrons. The summed E-state index contributed by atoms with van der Waals surface area (Å²) in [6.07, 6.45) is 2.48. The number of carboxylic acids is 1. The first-order valence-electron chi connectivity index (χ1n) is 5.15. The topological polar surface area (TPSA) is 75.6 Å². The number of carbonyl (C=O) groups excluding carboxylic acids is 1. The van der Waals surface area contributed by atoms with E-state index in [0.29, 0.717) is 6.42 Å². The first kappa shape index (κ1) is 14.5. The molecule has 0 bridgehead atoms. The van der Waals surface area contributed by atoms with Gasteiger partial charge < -0.3 is 15.2 Å². The Hall–Kier alpha value is -1.52. The van der Waals surface area contributed by atoms with Gasteiger partial charge in [0, 0.05) is 6.08 Å². The quantitative estimate of drug-likeness (QED) is 0.722. The smallest absolute Gasteiger partial charge is 0.408 e. The maximum atomic E-state index is 11.4. The number of rotatable bonds is 4. The minimum atomic E-state index is -1.04. The van der Waals surface area contributed by atoms with Crippen molar-refractivity contribution in [3.63, 3.8) is 0 Å². The summed E-state index contributed by atoms with van der Waals surface area (Å²) in [7, 11) is 0. The van der Waals surface area contributed by atoms with Gasteiger partial charge in [-0.25, -0.2) is 9.59 Å². The van der Waals surface area contributed by atoms with Crippen LogP contribution in [0.1, 0.15) is 34.1 Å². The van der Waals surface area contributed by atoms with E-state index in [9.17, 15) is 9.59 Å². The van der Waals surface area contributed by atoms with Gasteiger partial charge in [-0.3, -0.25) is 0 Å². The van der Waals surface area contributed by atoms with E-state index < -0.39 is 17.7 Å². The third-order valence-electron chi connectivity index (χ3n) is 1.61. The Labute approximate surface area is 95.5 Å². The van der Waals surface area contributed by atoms with Crippen LogP contribution in [-0.4, -0.2) is 28.8 Å². The molecule has 5 heteroatoms. The van der Waals surface area contributed by atoms with Crippen molar-refractivity contribution in [3.8, 4) is 0 Å². The van der Waals surface area contributed by atoms with E-state index in [4.69, 9.17) is 9.84 Å². The summed E-state index contributed by atoms with van der Waals surface area (Å²) in [4.78, 5) is 21.7. The standard InChI is InChI=1S/C11H19NO4/c1-5-8(6-7-9(13)14)12-10(15)16-11(2,3)4/h6-8H,5H2,1-4H3,(H,12,15)(H,13,14)/b7-6+/t8-/m1/s1. The molecular formula is C11H19NO4. The minimum Gasteiger partial charge on any atom is -0.478 e. The van der Waals surface area contributed by atoms with Gasteiger partial charge in [0.15, 0.2) is 0 Å². The molecule has 0 spiro atoms. The molecule has 0 aliphatic rings. The van der Waals surface area contributed by atoms with Gasteiger partial charge in [-0.05, 0) is 27.2 Å². The molecule has 2 N–H and O–H groups in total. The SMILES string of the molecule is CC[C@H](/C=C/C(=O)O)NC(=O)OC(C)(C)C. The number of hydrogen-bond donors (Lipinski definition) is 2. The monoisotopic (exact) mass is 229 g/mol. The average molecular weight is 229 g/mol. The van der Waals surface area contributed by atoms with Gasteiger partial charge in [0.2, 0.25) is 0 Å². The van der Waals surface area contributed by atoms with Crippen molar-refractivity contribution in [2.24, 2.45) is 0 Å². The largest absolute Gasteiger partial charge is 0.478 e. The van der Waals surface area contributed by atoms with Crippen molar-refractivity contribution < 1.29 is 19.4 Å². The van der Waals surface area contributed by atoms with Gasteiger partial charge in [-0.15, -0.1) is 0 Å². The zero-order valence-corrected chi connectivity index (χ0v) is 10.1. The van der Waals surface area contributed by atoms with Crippen LogP contribution >= 0.6 is 0 Å². The number of carboxylic acid groups (broad SMARTS) is 1. The first-order chi connectivity index (χ1) is 7.24. The summed E-state index contributed by atoms with van der Waals surface area (Å²) in [5, 5.41) is 11.0. The fourth-order valence-electron chi connectivity index (χ4n) is 0.944. The molecule has 0 radical (unpaired) electrons. The van der Waals surface area contributed by atoms with Crippen molar-refractivity contribution >= 4 is 12.1 Å². The highest BCUT2D eigenvalue weighted by Crippen LogP contribution is 2.07. The molecule has 0 saturated carbocycles. The van der Waals surface area contributed by atoms with Crippen molar-refractivity contribution in [1.29, 1.82) is 0 Å². The number of ether oxygens (including phenoxy) is 1. The minimum absolute atomic E-state index is 0.328. The third-order valence-corrected chi connectivity index (χ3v) is 1.61. The summed E-state index contributed by atoms with van der Waals surface area (Å²) < 4.78 is 5.05. The Balaban J connectivity index is 4.23. The first-order valence-corrected chi connectivity index (χ1v) is 5.15. The number of aliphatic carboxylic acids is 1. The number of hydrogen-bond acceptors (Lipinski definition) is 3. The molecule has 0 fully saturated rings. The highest BCUT2D eigenvalue weighted by Gasteiger charge is 2.17. The Morgan fingerprint density at radius 3 is 2.38 bits per heavy atom. The average Bonchev–Trinajstić information content (AvgIpc) is 2.08.